The number of H-pyrrole nitrogens is 1. The Kier molecular flexibility index (Phi) is 5.16. The zero-order chi connectivity index (χ0) is 13.7. The fraction of sp³-hybridized carbons (Fsp3) is 0.667. The summed E-state index contributed by atoms with van der Waals surface area (Å²) in [6.45, 7) is 3.35. The second-order valence-electron chi connectivity index (χ2n) is 5.40. The highest BCUT2D eigenvalue weighted by molar-refractivity contribution is 5.26. The van der Waals surface area contributed by atoms with Gasteiger partial charge in [0.2, 0.25) is 5.56 Å². The molecule has 0 saturated heterocycles. The Bertz CT molecular complexity index is 456. The lowest BCUT2D eigenvalue weighted by Gasteiger charge is -2.27. The Balaban J connectivity index is 2.01. The van der Waals surface area contributed by atoms with Gasteiger partial charge in [0.05, 0.1) is 0 Å². The number of nitrogens with one attached hydrogen (secondary N) is 2. The summed E-state index contributed by atoms with van der Waals surface area (Å²) < 4.78 is 0. The Morgan fingerprint density at radius 1 is 1.53 bits per heavy atom. The first-order valence-electron chi connectivity index (χ1n) is 7.31. The summed E-state index contributed by atoms with van der Waals surface area (Å²) in [4.78, 5) is 14.3. The van der Waals surface area contributed by atoms with Crippen LogP contribution >= 0.6 is 0 Å². The van der Waals surface area contributed by atoms with E-state index in [1.54, 1.807) is 6.07 Å². The zero-order valence-corrected chi connectivity index (χ0v) is 11.6. The minimum atomic E-state index is -0.00823. The summed E-state index contributed by atoms with van der Waals surface area (Å²) in [6, 6.07) is 3.91. The molecule has 106 valence electrons. The number of pyridine rings is 1. The van der Waals surface area contributed by atoms with Crippen molar-refractivity contribution in [1.29, 1.82) is 0 Å². The second kappa shape index (κ2) is 6.87. The molecule has 0 fully saturated rings. The number of hydrogen-bond acceptors (Lipinski definition) is 3. The summed E-state index contributed by atoms with van der Waals surface area (Å²) in [5.41, 5.74) is 2.32. The largest absolute Gasteiger partial charge is 0.396 e. The highest BCUT2D eigenvalue weighted by atomic mass is 16.3. The molecule has 19 heavy (non-hydrogen) atoms. The number of rotatable bonds is 6. The van der Waals surface area contributed by atoms with Gasteiger partial charge in [-0.3, -0.25) is 4.79 Å². The molecule has 4 nitrogen and oxygen atoms in total. The van der Waals surface area contributed by atoms with Crippen LogP contribution in [0.1, 0.15) is 49.9 Å². The molecule has 2 atom stereocenters. The summed E-state index contributed by atoms with van der Waals surface area (Å²) in [5, 5.41) is 12.6. The van der Waals surface area contributed by atoms with Crippen LogP contribution < -0.4 is 10.9 Å². The van der Waals surface area contributed by atoms with Gasteiger partial charge in [-0.1, -0.05) is 19.4 Å². The predicted octanol–water partition coefficient (Wildman–Crippen LogP) is 1.75. The van der Waals surface area contributed by atoms with E-state index >= 15 is 0 Å². The van der Waals surface area contributed by atoms with Crippen molar-refractivity contribution in [3.63, 3.8) is 0 Å². The average Bonchev–Trinajstić information content (AvgIpc) is 2.43. The maximum absolute atomic E-state index is 11.3. The maximum atomic E-state index is 11.3. The van der Waals surface area contributed by atoms with E-state index in [0.29, 0.717) is 12.0 Å². The zero-order valence-electron chi connectivity index (χ0n) is 11.6. The first-order valence-corrected chi connectivity index (χ1v) is 7.31. The molecule has 0 radical (unpaired) electrons. The van der Waals surface area contributed by atoms with Crippen LogP contribution in [0.5, 0.6) is 0 Å². The summed E-state index contributed by atoms with van der Waals surface area (Å²) >= 11 is 0. The first-order chi connectivity index (χ1) is 9.24. The molecule has 0 aromatic carbocycles. The van der Waals surface area contributed by atoms with Gasteiger partial charge >= 0.3 is 0 Å². The number of hydrogen-bond donors (Lipinski definition) is 3. The van der Waals surface area contributed by atoms with Crippen molar-refractivity contribution >= 4 is 0 Å². The number of fused-ring (bicyclic) bond motifs is 1. The third-order valence-electron chi connectivity index (χ3n) is 4.10. The highest BCUT2D eigenvalue weighted by Crippen LogP contribution is 2.27. The van der Waals surface area contributed by atoms with Gasteiger partial charge in [0.25, 0.3) is 0 Å². The van der Waals surface area contributed by atoms with Crippen LogP contribution in [0.3, 0.4) is 0 Å². The molecule has 0 aliphatic heterocycles. The molecule has 1 aromatic rings. The van der Waals surface area contributed by atoms with Gasteiger partial charge in [0, 0.05) is 24.4 Å². The van der Waals surface area contributed by atoms with E-state index in [9.17, 15) is 4.79 Å². The van der Waals surface area contributed by atoms with Crippen molar-refractivity contribution in [2.45, 2.75) is 45.1 Å². The standard InChI is InChI=1S/C15H24N2O2/c1-2-11(8-9-18)10-16-13-4-3-5-14-12(13)6-7-15(19)17-14/h6-7,11,13,16,18H,2-5,8-10H2,1H3,(H,17,19). The van der Waals surface area contributed by atoms with Crippen LogP contribution in [0.4, 0.5) is 0 Å². The Morgan fingerprint density at radius 3 is 3.11 bits per heavy atom. The lowest BCUT2D eigenvalue weighted by molar-refractivity contribution is 0.247. The van der Waals surface area contributed by atoms with Gasteiger partial charge in [-0.25, -0.2) is 0 Å². The molecule has 1 aromatic heterocycles. The molecular formula is C15H24N2O2. The molecule has 4 heteroatoms. The molecule has 0 amide bonds. The second-order valence-corrected chi connectivity index (χ2v) is 5.40. The molecule has 2 unspecified atom stereocenters. The van der Waals surface area contributed by atoms with E-state index < -0.39 is 0 Å². The summed E-state index contributed by atoms with van der Waals surface area (Å²) in [6.07, 6.45) is 5.14. The minimum Gasteiger partial charge on any atom is -0.396 e. The number of aromatic nitrogens is 1. The van der Waals surface area contributed by atoms with Crippen molar-refractivity contribution in [2.24, 2.45) is 5.92 Å². The third kappa shape index (κ3) is 3.67. The van der Waals surface area contributed by atoms with Crippen LogP contribution in [-0.4, -0.2) is 23.2 Å². The lowest BCUT2D eigenvalue weighted by atomic mass is 9.90. The fourth-order valence-corrected chi connectivity index (χ4v) is 2.85. The molecule has 0 bridgehead atoms. The Labute approximate surface area is 114 Å². The summed E-state index contributed by atoms with van der Waals surface area (Å²) in [5.74, 6) is 0.526. The molecule has 1 aliphatic rings. The van der Waals surface area contributed by atoms with Gasteiger partial charge in [0.15, 0.2) is 0 Å². The van der Waals surface area contributed by atoms with E-state index in [0.717, 1.165) is 44.3 Å². The Morgan fingerprint density at radius 2 is 2.37 bits per heavy atom. The molecule has 1 heterocycles. The van der Waals surface area contributed by atoms with E-state index in [1.165, 1.54) is 5.56 Å². The van der Waals surface area contributed by atoms with Gasteiger partial charge in [-0.2, -0.15) is 0 Å². The molecule has 2 rings (SSSR count). The summed E-state index contributed by atoms with van der Waals surface area (Å²) in [7, 11) is 0. The van der Waals surface area contributed by atoms with Crippen molar-refractivity contribution in [3.05, 3.63) is 33.7 Å². The number of aliphatic hydroxyl groups is 1. The van der Waals surface area contributed by atoms with Crippen LogP contribution in [0.25, 0.3) is 0 Å². The number of aliphatic hydroxyl groups excluding tert-OH is 1. The van der Waals surface area contributed by atoms with Gasteiger partial charge < -0.3 is 15.4 Å². The predicted molar refractivity (Wildman–Crippen MR) is 76.2 cm³/mol. The van der Waals surface area contributed by atoms with Crippen LogP contribution in [0.15, 0.2) is 16.9 Å². The molecule has 0 saturated carbocycles. The van der Waals surface area contributed by atoms with Gasteiger partial charge in [-0.15, -0.1) is 0 Å². The van der Waals surface area contributed by atoms with Gasteiger partial charge in [-0.05, 0) is 43.7 Å². The van der Waals surface area contributed by atoms with Crippen LogP contribution in [0.2, 0.25) is 0 Å². The minimum absolute atomic E-state index is 0.00823. The molecular weight excluding hydrogens is 240 g/mol. The number of aryl methyl sites for hydroxylation is 1. The normalized spacial score (nSPS) is 20.0. The van der Waals surface area contributed by atoms with E-state index in [2.05, 4.69) is 17.2 Å². The topological polar surface area (TPSA) is 65.1 Å². The highest BCUT2D eigenvalue weighted by Gasteiger charge is 2.21. The van der Waals surface area contributed by atoms with Gasteiger partial charge in [0.1, 0.15) is 0 Å². The van der Waals surface area contributed by atoms with Crippen LogP contribution in [0, 0.1) is 5.92 Å². The third-order valence-corrected chi connectivity index (χ3v) is 4.10. The van der Waals surface area contributed by atoms with E-state index in [4.69, 9.17) is 5.11 Å². The monoisotopic (exact) mass is 264 g/mol. The first kappa shape index (κ1) is 14.3. The smallest absolute Gasteiger partial charge is 0.248 e. The molecule has 1 aliphatic carbocycles. The quantitative estimate of drug-likeness (QED) is 0.733. The molecule has 3 N–H and O–H groups in total. The Hall–Kier alpha value is -1.13. The van der Waals surface area contributed by atoms with E-state index in [1.807, 2.05) is 6.07 Å². The fourth-order valence-electron chi connectivity index (χ4n) is 2.85. The lowest BCUT2D eigenvalue weighted by Crippen LogP contribution is -2.31. The SMILES string of the molecule is CCC(CCO)CNC1CCCc2[nH]c(=O)ccc21. The van der Waals surface area contributed by atoms with Crippen molar-refractivity contribution in [1.82, 2.24) is 10.3 Å². The number of aromatic amines is 1. The maximum Gasteiger partial charge on any atom is 0.248 e. The van der Waals surface area contributed by atoms with Crippen molar-refractivity contribution in [3.8, 4) is 0 Å². The van der Waals surface area contributed by atoms with Crippen molar-refractivity contribution < 1.29 is 5.11 Å². The van der Waals surface area contributed by atoms with Crippen molar-refractivity contribution in [2.75, 3.05) is 13.2 Å². The molecule has 0 spiro atoms. The van der Waals surface area contributed by atoms with E-state index in [-0.39, 0.29) is 12.2 Å². The van der Waals surface area contributed by atoms with Crippen LogP contribution in [-0.2, 0) is 6.42 Å². The average molecular weight is 264 g/mol.